The molecular formula is C18H25N3O2. The molecule has 5 nitrogen and oxygen atoms in total. The molecule has 3 rings (SSSR count). The van der Waals surface area contributed by atoms with Gasteiger partial charge >= 0.3 is 11.8 Å². The van der Waals surface area contributed by atoms with Crippen LogP contribution in [0.5, 0.6) is 0 Å². The zero-order valence-corrected chi connectivity index (χ0v) is 13.8. The quantitative estimate of drug-likeness (QED) is 0.863. The Balaban J connectivity index is 1.82. The Kier molecular flexibility index (Phi) is 4.39. The van der Waals surface area contributed by atoms with Crippen LogP contribution in [-0.2, 0) is 15.0 Å². The molecule has 0 radical (unpaired) electrons. The Morgan fingerprint density at radius 2 is 1.65 bits per heavy atom. The zero-order valence-electron chi connectivity index (χ0n) is 13.8. The second-order valence-corrected chi connectivity index (χ2v) is 6.78. The molecule has 1 saturated heterocycles. The van der Waals surface area contributed by atoms with E-state index in [0.717, 1.165) is 18.5 Å². The van der Waals surface area contributed by atoms with Gasteiger partial charge in [-0.1, -0.05) is 31.4 Å². The van der Waals surface area contributed by atoms with Crippen molar-refractivity contribution in [1.29, 1.82) is 0 Å². The molecule has 0 unspecified atom stereocenters. The highest BCUT2D eigenvalue weighted by molar-refractivity contribution is 6.40. The monoisotopic (exact) mass is 315 g/mol. The second-order valence-electron chi connectivity index (χ2n) is 6.78. The summed E-state index contributed by atoms with van der Waals surface area (Å²) >= 11 is 0. The van der Waals surface area contributed by atoms with Crippen molar-refractivity contribution in [1.82, 2.24) is 4.90 Å². The van der Waals surface area contributed by atoms with E-state index in [-0.39, 0.29) is 5.41 Å². The number of rotatable bonds is 3. The van der Waals surface area contributed by atoms with E-state index in [2.05, 4.69) is 12.1 Å². The topological polar surface area (TPSA) is 66.6 Å². The molecule has 2 aliphatic rings. The van der Waals surface area contributed by atoms with Gasteiger partial charge in [0.2, 0.25) is 0 Å². The Morgan fingerprint density at radius 3 is 2.26 bits per heavy atom. The van der Waals surface area contributed by atoms with E-state index in [1.165, 1.54) is 29.7 Å². The van der Waals surface area contributed by atoms with Crippen LogP contribution in [0, 0.1) is 0 Å². The number of carbonyl (C=O) groups excluding carboxylic acids is 2. The van der Waals surface area contributed by atoms with E-state index in [0.29, 0.717) is 19.6 Å². The van der Waals surface area contributed by atoms with Gasteiger partial charge in [0.15, 0.2) is 0 Å². The molecule has 1 aliphatic heterocycles. The fourth-order valence-electron chi connectivity index (χ4n) is 3.81. The third kappa shape index (κ3) is 2.85. The first-order chi connectivity index (χ1) is 11.1. The minimum Gasteiger partial charge on any atom is -0.336 e. The summed E-state index contributed by atoms with van der Waals surface area (Å²) in [5.74, 6) is -0.885. The van der Waals surface area contributed by atoms with Crippen molar-refractivity contribution in [3.8, 4) is 0 Å². The summed E-state index contributed by atoms with van der Waals surface area (Å²) in [5.41, 5.74) is 8.23. The van der Waals surface area contributed by atoms with E-state index < -0.39 is 11.8 Å². The first-order valence-corrected chi connectivity index (χ1v) is 8.45. The van der Waals surface area contributed by atoms with Crippen LogP contribution in [0.1, 0.15) is 37.7 Å². The first-order valence-electron chi connectivity index (χ1n) is 8.45. The molecule has 5 heteroatoms. The molecule has 1 aromatic rings. The summed E-state index contributed by atoms with van der Waals surface area (Å²) in [6.45, 7) is 1.78. The van der Waals surface area contributed by atoms with Crippen molar-refractivity contribution in [2.45, 2.75) is 37.5 Å². The number of nitrogens with zero attached hydrogens (tertiary/aromatic N) is 2. The molecule has 2 amide bonds. The average molecular weight is 315 g/mol. The van der Waals surface area contributed by atoms with Crippen LogP contribution in [0.3, 0.4) is 0 Å². The molecule has 1 aromatic carbocycles. The highest BCUT2D eigenvalue weighted by Crippen LogP contribution is 2.39. The number of amides is 2. The number of piperazine rings is 1. The van der Waals surface area contributed by atoms with E-state index in [9.17, 15) is 9.59 Å². The van der Waals surface area contributed by atoms with Crippen LogP contribution in [0.25, 0.3) is 0 Å². The van der Waals surface area contributed by atoms with Gasteiger partial charge in [0.05, 0.1) is 0 Å². The Labute approximate surface area is 137 Å². The molecule has 124 valence electrons. The number of likely N-dealkylation sites (N-methyl/N-ethyl adjacent to an activating group) is 1. The number of anilines is 1. The molecule has 0 spiro atoms. The van der Waals surface area contributed by atoms with Crippen LogP contribution < -0.4 is 10.6 Å². The number of hydrogen-bond donors (Lipinski definition) is 1. The van der Waals surface area contributed by atoms with Crippen LogP contribution in [0.15, 0.2) is 24.3 Å². The molecule has 2 N–H and O–H groups in total. The molecule has 1 saturated carbocycles. The third-order valence-corrected chi connectivity index (χ3v) is 5.43. The molecule has 2 fully saturated rings. The maximum Gasteiger partial charge on any atom is 0.316 e. The number of benzene rings is 1. The Morgan fingerprint density at radius 1 is 1.00 bits per heavy atom. The molecule has 23 heavy (non-hydrogen) atoms. The second kappa shape index (κ2) is 6.32. The number of carbonyl (C=O) groups is 2. The summed E-state index contributed by atoms with van der Waals surface area (Å²) in [6.07, 6.45) is 6.01. The predicted octanol–water partition coefficient (Wildman–Crippen LogP) is 1.65. The van der Waals surface area contributed by atoms with E-state index in [4.69, 9.17) is 5.73 Å². The van der Waals surface area contributed by atoms with Gasteiger partial charge in [-0.05, 0) is 30.5 Å². The molecule has 0 bridgehead atoms. The third-order valence-electron chi connectivity index (χ3n) is 5.43. The maximum atomic E-state index is 12.2. The first kappa shape index (κ1) is 16.0. The van der Waals surface area contributed by atoms with E-state index in [1.54, 1.807) is 11.9 Å². The minimum atomic E-state index is -0.447. The van der Waals surface area contributed by atoms with Crippen molar-refractivity contribution < 1.29 is 9.59 Å². The maximum absolute atomic E-state index is 12.2. The highest BCUT2D eigenvalue weighted by Gasteiger charge is 2.34. The van der Waals surface area contributed by atoms with Crippen molar-refractivity contribution in [3.05, 3.63) is 29.8 Å². The van der Waals surface area contributed by atoms with Gasteiger partial charge in [-0.15, -0.1) is 0 Å². The largest absolute Gasteiger partial charge is 0.336 e. The van der Waals surface area contributed by atoms with Crippen LogP contribution in [0.4, 0.5) is 5.69 Å². The number of hydrogen-bond acceptors (Lipinski definition) is 3. The van der Waals surface area contributed by atoms with Crippen LogP contribution >= 0.6 is 0 Å². The lowest BCUT2D eigenvalue weighted by atomic mass is 9.69. The fraction of sp³-hybridized carbons (Fsp3) is 0.556. The zero-order chi connectivity index (χ0) is 16.4. The van der Waals surface area contributed by atoms with Crippen LogP contribution in [0.2, 0.25) is 0 Å². The van der Waals surface area contributed by atoms with Crippen LogP contribution in [-0.4, -0.2) is 43.4 Å². The summed E-state index contributed by atoms with van der Waals surface area (Å²) in [7, 11) is 1.66. The van der Waals surface area contributed by atoms with Gasteiger partial charge < -0.3 is 15.5 Å². The fourth-order valence-corrected chi connectivity index (χ4v) is 3.81. The normalized spacial score (nSPS) is 21.7. The van der Waals surface area contributed by atoms with E-state index in [1.807, 2.05) is 12.1 Å². The van der Waals surface area contributed by atoms with Crippen molar-refractivity contribution in [2.75, 3.05) is 31.6 Å². The molecular weight excluding hydrogens is 290 g/mol. The predicted molar refractivity (Wildman–Crippen MR) is 90.2 cm³/mol. The van der Waals surface area contributed by atoms with Gasteiger partial charge in [-0.2, -0.15) is 0 Å². The minimum absolute atomic E-state index is 0.0821. The van der Waals surface area contributed by atoms with E-state index >= 15 is 0 Å². The molecule has 0 aromatic heterocycles. The van der Waals surface area contributed by atoms with Gasteiger partial charge in [-0.3, -0.25) is 9.59 Å². The summed E-state index contributed by atoms with van der Waals surface area (Å²) in [4.78, 5) is 27.0. The van der Waals surface area contributed by atoms with Gasteiger partial charge in [0.1, 0.15) is 0 Å². The molecule has 1 heterocycles. The molecule has 0 atom stereocenters. The van der Waals surface area contributed by atoms with Crippen molar-refractivity contribution in [2.24, 2.45) is 5.73 Å². The summed E-state index contributed by atoms with van der Waals surface area (Å²) in [5, 5.41) is 0. The highest BCUT2D eigenvalue weighted by atomic mass is 16.2. The smallest absolute Gasteiger partial charge is 0.316 e. The average Bonchev–Trinajstić information content (AvgIpc) is 2.61. The Hall–Kier alpha value is -1.88. The van der Waals surface area contributed by atoms with Gasteiger partial charge in [0.25, 0.3) is 0 Å². The lowest BCUT2D eigenvalue weighted by molar-refractivity contribution is -0.145. The van der Waals surface area contributed by atoms with Gasteiger partial charge in [-0.25, -0.2) is 0 Å². The standard InChI is InChI=1S/C18H25N3O2/c1-20-11-12-21(17(23)16(20)22)15-7-5-14(6-8-15)18(13-19)9-3-2-4-10-18/h5-8H,2-4,9-13,19H2,1H3. The Bertz CT molecular complexity index is 591. The lowest BCUT2D eigenvalue weighted by Crippen LogP contribution is -2.53. The van der Waals surface area contributed by atoms with Gasteiger partial charge in [0, 0.05) is 37.8 Å². The SMILES string of the molecule is CN1CCN(c2ccc(C3(CN)CCCCC3)cc2)C(=O)C1=O. The lowest BCUT2D eigenvalue weighted by Gasteiger charge is -2.37. The summed E-state index contributed by atoms with van der Waals surface area (Å²) in [6, 6.07) is 8.09. The number of nitrogens with two attached hydrogens (primary N) is 1. The summed E-state index contributed by atoms with van der Waals surface area (Å²) < 4.78 is 0. The molecule has 1 aliphatic carbocycles. The van der Waals surface area contributed by atoms with Crippen molar-refractivity contribution >= 4 is 17.5 Å². The van der Waals surface area contributed by atoms with Crippen molar-refractivity contribution in [3.63, 3.8) is 0 Å².